The van der Waals surface area contributed by atoms with Crippen LogP contribution in [0.2, 0.25) is 0 Å². The van der Waals surface area contributed by atoms with Crippen molar-refractivity contribution in [1.29, 1.82) is 0 Å². The third kappa shape index (κ3) is 4.44. The molecular weight excluding hydrogens is 264 g/mol. The molecule has 2 N–H and O–H groups in total. The van der Waals surface area contributed by atoms with Gasteiger partial charge in [-0.2, -0.15) is 0 Å². The zero-order valence-electron chi connectivity index (χ0n) is 13.2. The van der Waals surface area contributed by atoms with E-state index in [0.717, 1.165) is 37.2 Å². The van der Waals surface area contributed by atoms with Crippen LogP contribution in [0.4, 0.5) is 5.69 Å². The summed E-state index contributed by atoms with van der Waals surface area (Å²) < 4.78 is 0. The molecule has 0 aromatic heterocycles. The number of hydrogen-bond acceptors (Lipinski definition) is 5. The summed E-state index contributed by atoms with van der Waals surface area (Å²) >= 11 is 0. The Labute approximate surface area is 127 Å². The van der Waals surface area contributed by atoms with E-state index in [0.29, 0.717) is 6.54 Å². The quantitative estimate of drug-likeness (QED) is 0.827. The summed E-state index contributed by atoms with van der Waals surface area (Å²) in [6.45, 7) is 2.67. The molecule has 2 rings (SSSR count). The monoisotopic (exact) mass is 290 g/mol. The van der Waals surface area contributed by atoms with Crippen LogP contribution in [0.25, 0.3) is 0 Å². The van der Waals surface area contributed by atoms with Crippen molar-refractivity contribution in [1.82, 2.24) is 4.90 Å². The SMILES string of the molecule is CN(C)CCCN(C)c1ccc(C2=NOC(CN)C2)cc1. The van der Waals surface area contributed by atoms with Gasteiger partial charge in [0, 0.05) is 32.2 Å². The molecule has 1 unspecified atom stereocenters. The first kappa shape index (κ1) is 15.8. The Morgan fingerprint density at radius 1 is 1.19 bits per heavy atom. The average Bonchev–Trinajstić information content (AvgIpc) is 2.96. The van der Waals surface area contributed by atoms with Crippen molar-refractivity contribution >= 4 is 11.4 Å². The number of nitrogens with two attached hydrogens (primary N) is 1. The van der Waals surface area contributed by atoms with Gasteiger partial charge in [-0.25, -0.2) is 0 Å². The molecule has 0 radical (unpaired) electrons. The van der Waals surface area contributed by atoms with Crippen LogP contribution in [0.3, 0.4) is 0 Å². The summed E-state index contributed by atoms with van der Waals surface area (Å²) in [5, 5.41) is 4.12. The van der Waals surface area contributed by atoms with Gasteiger partial charge in [0.1, 0.15) is 6.10 Å². The van der Waals surface area contributed by atoms with E-state index in [2.05, 4.69) is 60.4 Å². The van der Waals surface area contributed by atoms with Crippen LogP contribution in [0, 0.1) is 0 Å². The molecule has 1 aliphatic rings. The van der Waals surface area contributed by atoms with Crippen molar-refractivity contribution in [3.8, 4) is 0 Å². The Balaban J connectivity index is 1.90. The fourth-order valence-corrected chi connectivity index (χ4v) is 2.39. The Hall–Kier alpha value is -1.59. The molecular formula is C16H26N4O. The van der Waals surface area contributed by atoms with Gasteiger partial charge in [0.2, 0.25) is 0 Å². The summed E-state index contributed by atoms with van der Waals surface area (Å²) in [7, 11) is 6.34. The van der Waals surface area contributed by atoms with Gasteiger partial charge < -0.3 is 20.4 Å². The third-order valence-corrected chi connectivity index (χ3v) is 3.74. The van der Waals surface area contributed by atoms with Crippen molar-refractivity contribution in [3.63, 3.8) is 0 Å². The van der Waals surface area contributed by atoms with Gasteiger partial charge in [0.05, 0.1) is 5.71 Å². The molecule has 0 aliphatic carbocycles. The highest BCUT2D eigenvalue weighted by Gasteiger charge is 2.20. The standard InChI is InChI=1S/C16H26N4O/c1-19(2)9-4-10-20(3)14-7-5-13(6-8-14)16-11-15(12-17)21-18-16/h5-8,15H,4,9-12,17H2,1-3H3. The van der Waals surface area contributed by atoms with Crippen LogP contribution < -0.4 is 10.6 Å². The Bertz CT molecular complexity index is 470. The second-order valence-electron chi connectivity index (χ2n) is 5.83. The highest BCUT2D eigenvalue weighted by atomic mass is 16.6. The minimum Gasteiger partial charge on any atom is -0.390 e. The first-order valence-electron chi connectivity index (χ1n) is 7.49. The molecule has 21 heavy (non-hydrogen) atoms. The van der Waals surface area contributed by atoms with Gasteiger partial charge >= 0.3 is 0 Å². The second-order valence-corrected chi connectivity index (χ2v) is 5.83. The van der Waals surface area contributed by atoms with Crippen LogP contribution in [-0.2, 0) is 4.84 Å². The zero-order chi connectivity index (χ0) is 15.2. The van der Waals surface area contributed by atoms with Crippen LogP contribution in [-0.4, -0.2) is 57.5 Å². The molecule has 1 atom stereocenters. The summed E-state index contributed by atoms with van der Waals surface area (Å²) in [5.74, 6) is 0. The molecule has 1 heterocycles. The lowest BCUT2D eigenvalue weighted by Crippen LogP contribution is -2.23. The molecule has 0 saturated heterocycles. The maximum Gasteiger partial charge on any atom is 0.145 e. The van der Waals surface area contributed by atoms with E-state index in [1.165, 1.54) is 5.69 Å². The second kappa shape index (κ2) is 7.43. The van der Waals surface area contributed by atoms with E-state index in [1.807, 2.05) is 0 Å². The smallest absolute Gasteiger partial charge is 0.145 e. The zero-order valence-corrected chi connectivity index (χ0v) is 13.2. The lowest BCUT2D eigenvalue weighted by atomic mass is 10.0. The van der Waals surface area contributed by atoms with Crippen molar-refractivity contribution in [3.05, 3.63) is 29.8 Å². The molecule has 0 fully saturated rings. The Kier molecular flexibility index (Phi) is 5.59. The molecule has 116 valence electrons. The number of hydrogen-bond donors (Lipinski definition) is 1. The number of nitrogens with zero attached hydrogens (tertiary/aromatic N) is 3. The molecule has 1 aromatic carbocycles. The summed E-state index contributed by atoms with van der Waals surface area (Å²) in [6, 6.07) is 8.50. The molecule has 5 heteroatoms. The number of rotatable bonds is 7. The van der Waals surface area contributed by atoms with Gasteiger partial charge in [-0.05, 0) is 44.8 Å². The molecule has 1 aromatic rings. The number of benzene rings is 1. The lowest BCUT2D eigenvalue weighted by molar-refractivity contribution is 0.0918. The first-order valence-corrected chi connectivity index (χ1v) is 7.49. The van der Waals surface area contributed by atoms with Crippen molar-refractivity contribution < 1.29 is 4.84 Å². The van der Waals surface area contributed by atoms with Gasteiger partial charge in [-0.1, -0.05) is 17.3 Å². The highest BCUT2D eigenvalue weighted by Crippen LogP contribution is 2.19. The Morgan fingerprint density at radius 3 is 2.48 bits per heavy atom. The maximum absolute atomic E-state index is 5.60. The van der Waals surface area contributed by atoms with Gasteiger partial charge in [-0.3, -0.25) is 0 Å². The van der Waals surface area contributed by atoms with Gasteiger partial charge in [0.25, 0.3) is 0 Å². The van der Waals surface area contributed by atoms with E-state index in [9.17, 15) is 0 Å². The van der Waals surface area contributed by atoms with E-state index >= 15 is 0 Å². The molecule has 0 bridgehead atoms. The number of anilines is 1. The molecule has 5 nitrogen and oxygen atoms in total. The summed E-state index contributed by atoms with van der Waals surface area (Å²) in [6.07, 6.45) is 1.99. The van der Waals surface area contributed by atoms with Crippen LogP contribution in [0.15, 0.2) is 29.4 Å². The third-order valence-electron chi connectivity index (χ3n) is 3.74. The van der Waals surface area contributed by atoms with Crippen molar-refractivity contribution in [2.24, 2.45) is 10.9 Å². The molecule has 1 aliphatic heterocycles. The van der Waals surface area contributed by atoms with E-state index in [-0.39, 0.29) is 6.10 Å². The topological polar surface area (TPSA) is 54.1 Å². The van der Waals surface area contributed by atoms with Gasteiger partial charge in [0.15, 0.2) is 0 Å². The molecule has 0 amide bonds. The predicted molar refractivity (Wildman–Crippen MR) is 88.0 cm³/mol. The molecule has 0 saturated carbocycles. The largest absolute Gasteiger partial charge is 0.390 e. The van der Waals surface area contributed by atoms with Crippen LogP contribution in [0.5, 0.6) is 0 Å². The first-order chi connectivity index (χ1) is 10.1. The fraction of sp³-hybridized carbons (Fsp3) is 0.562. The van der Waals surface area contributed by atoms with Crippen LogP contribution in [0.1, 0.15) is 18.4 Å². The minimum atomic E-state index is 0.0355. The van der Waals surface area contributed by atoms with E-state index in [4.69, 9.17) is 10.6 Å². The fourth-order valence-electron chi connectivity index (χ4n) is 2.39. The lowest BCUT2D eigenvalue weighted by Gasteiger charge is -2.20. The van der Waals surface area contributed by atoms with E-state index in [1.54, 1.807) is 0 Å². The average molecular weight is 290 g/mol. The van der Waals surface area contributed by atoms with Crippen molar-refractivity contribution in [2.45, 2.75) is 18.9 Å². The normalized spacial score (nSPS) is 17.8. The maximum atomic E-state index is 5.60. The molecule has 0 spiro atoms. The summed E-state index contributed by atoms with van der Waals surface area (Å²) in [4.78, 5) is 9.76. The summed E-state index contributed by atoms with van der Waals surface area (Å²) in [5.41, 5.74) is 8.94. The highest BCUT2D eigenvalue weighted by molar-refractivity contribution is 6.01. The van der Waals surface area contributed by atoms with Crippen molar-refractivity contribution in [2.75, 3.05) is 45.7 Å². The number of oxime groups is 1. The van der Waals surface area contributed by atoms with E-state index < -0.39 is 0 Å². The van der Waals surface area contributed by atoms with Gasteiger partial charge in [-0.15, -0.1) is 0 Å². The van der Waals surface area contributed by atoms with Crippen LogP contribution >= 0.6 is 0 Å². The Morgan fingerprint density at radius 2 is 1.90 bits per heavy atom. The predicted octanol–water partition coefficient (Wildman–Crippen LogP) is 1.53. The minimum absolute atomic E-state index is 0.0355.